The number of carbonyl (C=O) groups is 2. The van der Waals surface area contributed by atoms with Crippen molar-refractivity contribution < 1.29 is 14.7 Å². The van der Waals surface area contributed by atoms with Gasteiger partial charge in [0.1, 0.15) is 5.54 Å². The molecule has 0 radical (unpaired) electrons. The fourth-order valence-electron chi connectivity index (χ4n) is 2.81. The molecule has 0 aromatic heterocycles. The SMILES string of the molecule is CCC1(C(=O)O)CCCN1C(=O)c1cc(N)cc(Cl)c1. The molecule has 1 heterocycles. The van der Waals surface area contributed by atoms with E-state index >= 15 is 0 Å². The molecule has 1 aliphatic rings. The topological polar surface area (TPSA) is 83.6 Å². The lowest BCUT2D eigenvalue weighted by Gasteiger charge is -2.34. The van der Waals surface area contributed by atoms with Gasteiger partial charge in [-0.2, -0.15) is 0 Å². The summed E-state index contributed by atoms with van der Waals surface area (Å²) in [6, 6.07) is 4.59. The van der Waals surface area contributed by atoms with Gasteiger partial charge in [-0.05, 0) is 37.5 Å². The number of nitrogens with zero attached hydrogens (tertiary/aromatic N) is 1. The molecule has 3 N–H and O–H groups in total. The normalized spacial score (nSPS) is 22.0. The zero-order chi connectivity index (χ0) is 14.9. The van der Waals surface area contributed by atoms with E-state index in [2.05, 4.69) is 0 Å². The smallest absolute Gasteiger partial charge is 0.329 e. The average Bonchev–Trinajstić information content (AvgIpc) is 2.81. The highest BCUT2D eigenvalue weighted by molar-refractivity contribution is 6.31. The second-order valence-corrected chi connectivity index (χ2v) is 5.46. The number of rotatable bonds is 3. The van der Waals surface area contributed by atoms with Gasteiger partial charge in [-0.15, -0.1) is 0 Å². The van der Waals surface area contributed by atoms with E-state index in [1.54, 1.807) is 13.0 Å². The van der Waals surface area contributed by atoms with Crippen molar-refractivity contribution in [1.82, 2.24) is 4.90 Å². The summed E-state index contributed by atoms with van der Waals surface area (Å²) in [5, 5.41) is 9.86. The van der Waals surface area contributed by atoms with Crippen LogP contribution in [0.1, 0.15) is 36.5 Å². The molecule has 2 rings (SSSR count). The maximum absolute atomic E-state index is 12.6. The highest BCUT2D eigenvalue weighted by Crippen LogP contribution is 2.34. The van der Waals surface area contributed by atoms with Crippen LogP contribution < -0.4 is 5.73 Å². The van der Waals surface area contributed by atoms with Crippen molar-refractivity contribution >= 4 is 29.2 Å². The second-order valence-electron chi connectivity index (χ2n) is 5.02. The Bertz CT molecular complexity index is 541. The molecule has 0 saturated carbocycles. The molecule has 1 aliphatic heterocycles. The van der Waals surface area contributed by atoms with Gasteiger partial charge in [-0.25, -0.2) is 4.79 Å². The maximum atomic E-state index is 12.6. The minimum Gasteiger partial charge on any atom is -0.479 e. The number of nitrogens with two attached hydrogens (primary N) is 1. The number of likely N-dealkylation sites (tertiary alicyclic amines) is 1. The number of carboxylic acid groups (broad SMARTS) is 1. The summed E-state index contributed by atoms with van der Waals surface area (Å²) in [7, 11) is 0. The lowest BCUT2D eigenvalue weighted by Crippen LogP contribution is -2.52. The molecule has 108 valence electrons. The molecule has 1 fully saturated rings. The first-order valence-corrected chi connectivity index (χ1v) is 6.90. The number of benzene rings is 1. The second kappa shape index (κ2) is 5.32. The Kier molecular flexibility index (Phi) is 3.90. The van der Waals surface area contributed by atoms with Crippen LogP contribution in [0, 0.1) is 0 Å². The van der Waals surface area contributed by atoms with E-state index in [1.807, 2.05) is 0 Å². The molecule has 5 nitrogen and oxygen atoms in total. The van der Waals surface area contributed by atoms with Crippen molar-refractivity contribution in [3.05, 3.63) is 28.8 Å². The van der Waals surface area contributed by atoms with Crippen LogP contribution in [0.25, 0.3) is 0 Å². The largest absolute Gasteiger partial charge is 0.479 e. The number of nitrogen functional groups attached to an aromatic ring is 1. The van der Waals surface area contributed by atoms with E-state index in [0.717, 1.165) is 0 Å². The van der Waals surface area contributed by atoms with E-state index in [9.17, 15) is 14.7 Å². The summed E-state index contributed by atoms with van der Waals surface area (Å²) >= 11 is 5.90. The molecule has 1 atom stereocenters. The summed E-state index contributed by atoms with van der Waals surface area (Å²) in [6.07, 6.45) is 1.53. The summed E-state index contributed by atoms with van der Waals surface area (Å²) < 4.78 is 0. The molecule has 1 amide bonds. The van der Waals surface area contributed by atoms with Crippen LogP contribution >= 0.6 is 11.6 Å². The van der Waals surface area contributed by atoms with Gasteiger partial charge in [0.15, 0.2) is 0 Å². The Hall–Kier alpha value is -1.75. The predicted molar refractivity (Wildman–Crippen MR) is 76.8 cm³/mol. The van der Waals surface area contributed by atoms with E-state index in [1.165, 1.54) is 17.0 Å². The molecule has 1 aromatic carbocycles. The van der Waals surface area contributed by atoms with E-state index in [-0.39, 0.29) is 5.91 Å². The van der Waals surface area contributed by atoms with Crippen LogP contribution in [0.2, 0.25) is 5.02 Å². The monoisotopic (exact) mass is 296 g/mol. The third kappa shape index (κ3) is 2.33. The third-order valence-electron chi connectivity index (χ3n) is 3.88. The number of hydrogen-bond donors (Lipinski definition) is 2. The van der Waals surface area contributed by atoms with Gasteiger partial charge < -0.3 is 15.7 Å². The number of halogens is 1. The molecule has 1 saturated heterocycles. The van der Waals surface area contributed by atoms with E-state index in [4.69, 9.17) is 17.3 Å². The van der Waals surface area contributed by atoms with Crippen LogP contribution in [0.4, 0.5) is 5.69 Å². The van der Waals surface area contributed by atoms with Crippen LogP contribution in [0.3, 0.4) is 0 Å². The quantitative estimate of drug-likeness (QED) is 0.839. The number of carboxylic acids is 1. The van der Waals surface area contributed by atoms with Gasteiger partial charge in [-0.3, -0.25) is 4.79 Å². The van der Waals surface area contributed by atoms with Gasteiger partial charge >= 0.3 is 5.97 Å². The first kappa shape index (κ1) is 14.7. The Labute approximate surface area is 122 Å². The first-order valence-electron chi connectivity index (χ1n) is 6.52. The fourth-order valence-corrected chi connectivity index (χ4v) is 3.05. The first-order chi connectivity index (χ1) is 9.40. The highest BCUT2D eigenvalue weighted by Gasteiger charge is 2.48. The number of hydrogen-bond acceptors (Lipinski definition) is 3. The number of amides is 1. The molecule has 6 heteroatoms. The predicted octanol–water partition coefficient (Wildman–Crippen LogP) is 2.39. The molecule has 0 spiro atoms. The number of aliphatic carboxylic acids is 1. The van der Waals surface area contributed by atoms with Gasteiger partial charge in [0.2, 0.25) is 0 Å². The Balaban J connectivity index is 2.39. The van der Waals surface area contributed by atoms with Crippen LogP contribution in [0.5, 0.6) is 0 Å². The molecule has 20 heavy (non-hydrogen) atoms. The maximum Gasteiger partial charge on any atom is 0.329 e. The molecule has 1 aromatic rings. The molecule has 1 unspecified atom stereocenters. The summed E-state index contributed by atoms with van der Waals surface area (Å²) in [6.45, 7) is 2.22. The summed E-state index contributed by atoms with van der Waals surface area (Å²) in [5.41, 5.74) is 5.28. The van der Waals surface area contributed by atoms with Crippen LogP contribution in [-0.4, -0.2) is 34.0 Å². The minimum atomic E-state index is -1.12. The third-order valence-corrected chi connectivity index (χ3v) is 4.10. The van der Waals surface area contributed by atoms with E-state index in [0.29, 0.717) is 42.1 Å². The number of carbonyl (C=O) groups excluding carboxylic acids is 1. The van der Waals surface area contributed by atoms with Crippen molar-refractivity contribution in [3.8, 4) is 0 Å². The summed E-state index contributed by atoms with van der Waals surface area (Å²) in [4.78, 5) is 25.6. The molecular formula is C14H17ClN2O3. The average molecular weight is 297 g/mol. The van der Waals surface area contributed by atoms with Gasteiger partial charge in [0, 0.05) is 22.8 Å². The van der Waals surface area contributed by atoms with Crippen molar-refractivity contribution in [2.24, 2.45) is 0 Å². The van der Waals surface area contributed by atoms with Crippen molar-refractivity contribution in [3.63, 3.8) is 0 Å². The van der Waals surface area contributed by atoms with Gasteiger partial charge in [0.05, 0.1) is 0 Å². The fraction of sp³-hybridized carbons (Fsp3) is 0.429. The van der Waals surface area contributed by atoms with Crippen molar-refractivity contribution in [1.29, 1.82) is 0 Å². The van der Waals surface area contributed by atoms with Crippen molar-refractivity contribution in [2.75, 3.05) is 12.3 Å². The van der Waals surface area contributed by atoms with E-state index < -0.39 is 11.5 Å². The molecule has 0 bridgehead atoms. The lowest BCUT2D eigenvalue weighted by molar-refractivity contribution is -0.148. The molecule has 0 aliphatic carbocycles. The van der Waals surface area contributed by atoms with Gasteiger partial charge in [0.25, 0.3) is 5.91 Å². The summed E-state index contributed by atoms with van der Waals surface area (Å²) in [5.74, 6) is -1.29. The Morgan fingerprint density at radius 2 is 2.15 bits per heavy atom. The van der Waals surface area contributed by atoms with Crippen LogP contribution in [0.15, 0.2) is 18.2 Å². The van der Waals surface area contributed by atoms with Crippen molar-refractivity contribution in [2.45, 2.75) is 31.7 Å². The molecular weight excluding hydrogens is 280 g/mol. The lowest BCUT2D eigenvalue weighted by atomic mass is 9.92. The Morgan fingerprint density at radius 1 is 1.45 bits per heavy atom. The minimum absolute atomic E-state index is 0.330. The number of anilines is 1. The van der Waals surface area contributed by atoms with Crippen LogP contribution in [-0.2, 0) is 4.79 Å². The zero-order valence-electron chi connectivity index (χ0n) is 11.2. The standard InChI is InChI=1S/C14H17ClN2O3/c1-2-14(13(19)20)4-3-5-17(14)12(18)9-6-10(15)8-11(16)7-9/h6-8H,2-5,16H2,1H3,(H,19,20). The Morgan fingerprint density at radius 3 is 2.70 bits per heavy atom. The van der Waals surface area contributed by atoms with Gasteiger partial charge in [-0.1, -0.05) is 18.5 Å². The highest BCUT2D eigenvalue weighted by atomic mass is 35.5. The zero-order valence-corrected chi connectivity index (χ0v) is 12.0.